The molecule has 0 fully saturated rings. The molecule has 0 aromatic heterocycles. The van der Waals surface area contributed by atoms with Crippen LogP contribution in [-0.4, -0.2) is 11.8 Å². The average Bonchev–Trinajstić information content (AvgIpc) is 2.54. The second kappa shape index (κ2) is 4.81. The third kappa shape index (κ3) is 2.16. The molecule has 4 nitrogen and oxygen atoms in total. The first kappa shape index (κ1) is 12.4. The van der Waals surface area contributed by atoms with Gasteiger partial charge in [-0.25, -0.2) is 0 Å². The highest BCUT2D eigenvalue weighted by atomic mass is 16.2. The molecule has 1 aliphatic rings. The van der Waals surface area contributed by atoms with Gasteiger partial charge in [0.25, 0.3) is 0 Å². The van der Waals surface area contributed by atoms with Gasteiger partial charge in [0.05, 0.1) is 11.4 Å². The first-order valence-corrected chi connectivity index (χ1v) is 6.43. The first-order valence-electron chi connectivity index (χ1n) is 6.43. The monoisotopic (exact) mass is 266 g/mol. The Morgan fingerprint density at radius 3 is 2.55 bits per heavy atom. The van der Waals surface area contributed by atoms with E-state index in [0.29, 0.717) is 11.4 Å². The number of nitrogens with zero attached hydrogens (tertiary/aromatic N) is 1. The summed E-state index contributed by atoms with van der Waals surface area (Å²) in [6.07, 6.45) is -0.150. The van der Waals surface area contributed by atoms with Gasteiger partial charge >= 0.3 is 0 Å². The molecule has 1 aliphatic heterocycles. The third-order valence-electron chi connectivity index (χ3n) is 3.24. The number of para-hydroxylation sites is 1. The van der Waals surface area contributed by atoms with Crippen molar-refractivity contribution in [3.8, 4) is 0 Å². The van der Waals surface area contributed by atoms with Crippen molar-refractivity contribution in [1.29, 1.82) is 0 Å². The minimum atomic E-state index is -0.278. The second-order valence-corrected chi connectivity index (χ2v) is 4.81. The van der Waals surface area contributed by atoms with E-state index in [9.17, 15) is 9.59 Å². The van der Waals surface area contributed by atoms with E-state index in [4.69, 9.17) is 0 Å². The van der Waals surface area contributed by atoms with E-state index in [-0.39, 0.29) is 18.2 Å². The topological polar surface area (TPSA) is 49.4 Å². The molecule has 0 saturated heterocycles. The lowest BCUT2D eigenvalue weighted by molar-refractivity contribution is -0.124. The van der Waals surface area contributed by atoms with Crippen molar-refractivity contribution in [2.75, 3.05) is 10.2 Å². The van der Waals surface area contributed by atoms with Crippen molar-refractivity contribution in [2.45, 2.75) is 13.3 Å². The Hall–Kier alpha value is -2.62. The summed E-state index contributed by atoms with van der Waals surface area (Å²) in [4.78, 5) is 25.7. The lowest BCUT2D eigenvalue weighted by Gasteiger charge is -2.22. The first-order chi connectivity index (χ1) is 9.65. The molecule has 2 aromatic carbocycles. The molecular weight excluding hydrogens is 252 g/mol. The summed E-state index contributed by atoms with van der Waals surface area (Å²) < 4.78 is 0. The fraction of sp³-hybridized carbons (Fsp3) is 0.125. The Bertz CT molecular complexity index is 680. The third-order valence-corrected chi connectivity index (χ3v) is 3.24. The van der Waals surface area contributed by atoms with E-state index in [0.717, 1.165) is 11.3 Å². The Kier molecular flexibility index (Phi) is 2.99. The van der Waals surface area contributed by atoms with E-state index in [1.54, 1.807) is 4.90 Å². The molecule has 0 unspecified atom stereocenters. The number of aryl methyl sites for hydroxylation is 1. The van der Waals surface area contributed by atoms with E-state index < -0.39 is 0 Å². The zero-order chi connectivity index (χ0) is 14.1. The number of fused-ring (bicyclic) bond motifs is 1. The van der Waals surface area contributed by atoms with Crippen molar-refractivity contribution in [2.24, 2.45) is 0 Å². The number of amides is 2. The Labute approximate surface area is 117 Å². The molecule has 4 heteroatoms. The van der Waals surface area contributed by atoms with Crippen LogP contribution in [0.15, 0.2) is 48.5 Å². The maximum absolute atomic E-state index is 12.3. The van der Waals surface area contributed by atoms with Gasteiger partial charge < -0.3 is 5.32 Å². The van der Waals surface area contributed by atoms with Crippen molar-refractivity contribution < 1.29 is 9.59 Å². The number of hydrogen-bond acceptors (Lipinski definition) is 2. The predicted octanol–water partition coefficient (Wildman–Crippen LogP) is 3.00. The van der Waals surface area contributed by atoms with Crippen LogP contribution in [0.3, 0.4) is 0 Å². The van der Waals surface area contributed by atoms with Crippen LogP contribution < -0.4 is 10.2 Å². The highest BCUT2D eigenvalue weighted by Crippen LogP contribution is 2.35. The fourth-order valence-corrected chi connectivity index (χ4v) is 2.35. The smallest absolute Gasteiger partial charge is 0.241 e. The van der Waals surface area contributed by atoms with Crippen LogP contribution in [0.4, 0.5) is 17.1 Å². The van der Waals surface area contributed by atoms with Crippen LogP contribution in [-0.2, 0) is 9.59 Å². The number of nitrogens with one attached hydrogen (secondary N) is 1. The van der Waals surface area contributed by atoms with Gasteiger partial charge in [0.15, 0.2) is 0 Å². The quantitative estimate of drug-likeness (QED) is 0.807. The summed E-state index contributed by atoms with van der Waals surface area (Å²) in [7, 11) is 0. The number of hydrogen-bond donors (Lipinski definition) is 1. The molecule has 0 bridgehead atoms. The number of anilines is 3. The SMILES string of the molecule is Cc1ccc2c(c1)NC(=O)CC(=O)N2c1ccccc1. The maximum atomic E-state index is 12.3. The van der Waals surface area contributed by atoms with Crippen molar-refractivity contribution >= 4 is 28.9 Å². The van der Waals surface area contributed by atoms with Gasteiger partial charge in [0.1, 0.15) is 6.42 Å². The number of rotatable bonds is 1. The van der Waals surface area contributed by atoms with Gasteiger partial charge in [-0.1, -0.05) is 24.3 Å². The summed E-state index contributed by atoms with van der Waals surface area (Å²) in [6.45, 7) is 1.95. The Balaban J connectivity index is 2.18. The minimum absolute atomic E-state index is 0.150. The molecule has 3 rings (SSSR count). The molecule has 0 atom stereocenters. The van der Waals surface area contributed by atoms with E-state index in [1.807, 2.05) is 55.5 Å². The zero-order valence-corrected chi connectivity index (χ0v) is 11.1. The van der Waals surface area contributed by atoms with Crippen LogP contribution in [0.5, 0.6) is 0 Å². The lowest BCUT2D eigenvalue weighted by Crippen LogP contribution is -2.26. The van der Waals surface area contributed by atoms with Gasteiger partial charge in [0, 0.05) is 5.69 Å². The molecule has 20 heavy (non-hydrogen) atoms. The fourth-order valence-electron chi connectivity index (χ4n) is 2.35. The van der Waals surface area contributed by atoms with Crippen LogP contribution in [0, 0.1) is 6.92 Å². The van der Waals surface area contributed by atoms with Gasteiger partial charge in [-0.3, -0.25) is 14.5 Å². The molecule has 0 saturated carbocycles. The normalized spacial score (nSPS) is 14.6. The van der Waals surface area contributed by atoms with Gasteiger partial charge in [-0.2, -0.15) is 0 Å². The molecule has 1 heterocycles. The molecule has 0 aliphatic carbocycles. The van der Waals surface area contributed by atoms with E-state index in [2.05, 4.69) is 5.32 Å². The largest absolute Gasteiger partial charge is 0.324 e. The molecule has 0 spiro atoms. The summed E-state index contributed by atoms with van der Waals surface area (Å²) in [5, 5.41) is 2.79. The molecule has 2 amide bonds. The molecule has 0 radical (unpaired) electrons. The summed E-state index contributed by atoms with van der Waals surface area (Å²) in [5.41, 5.74) is 3.17. The summed E-state index contributed by atoms with van der Waals surface area (Å²) >= 11 is 0. The van der Waals surface area contributed by atoms with Crippen molar-refractivity contribution in [3.63, 3.8) is 0 Å². The van der Waals surface area contributed by atoms with Gasteiger partial charge in [-0.15, -0.1) is 0 Å². The van der Waals surface area contributed by atoms with Crippen LogP contribution in [0.2, 0.25) is 0 Å². The summed E-state index contributed by atoms with van der Waals surface area (Å²) in [6, 6.07) is 15.0. The standard InChI is InChI=1S/C16H14N2O2/c1-11-7-8-14-13(9-11)17-15(19)10-16(20)18(14)12-5-3-2-4-6-12/h2-9H,10H2,1H3,(H,17,19). The Morgan fingerprint density at radius 2 is 1.80 bits per heavy atom. The second-order valence-electron chi connectivity index (χ2n) is 4.81. The molecule has 2 aromatic rings. The summed E-state index contributed by atoms with van der Waals surface area (Å²) in [5.74, 6) is -0.503. The predicted molar refractivity (Wildman–Crippen MR) is 78.0 cm³/mol. The Morgan fingerprint density at radius 1 is 1.05 bits per heavy atom. The maximum Gasteiger partial charge on any atom is 0.241 e. The molecule has 100 valence electrons. The van der Waals surface area contributed by atoms with Crippen LogP contribution >= 0.6 is 0 Å². The molecule has 1 N–H and O–H groups in total. The van der Waals surface area contributed by atoms with Crippen molar-refractivity contribution in [1.82, 2.24) is 0 Å². The van der Waals surface area contributed by atoms with Crippen molar-refractivity contribution in [3.05, 3.63) is 54.1 Å². The van der Waals surface area contributed by atoms with Gasteiger partial charge in [0.2, 0.25) is 11.8 Å². The number of carbonyl (C=O) groups excluding carboxylic acids is 2. The highest BCUT2D eigenvalue weighted by Gasteiger charge is 2.27. The number of benzene rings is 2. The zero-order valence-electron chi connectivity index (χ0n) is 11.1. The van der Waals surface area contributed by atoms with Crippen LogP contribution in [0.1, 0.15) is 12.0 Å². The highest BCUT2D eigenvalue weighted by molar-refractivity contribution is 6.17. The average molecular weight is 266 g/mol. The lowest BCUT2D eigenvalue weighted by atomic mass is 10.1. The van der Waals surface area contributed by atoms with Gasteiger partial charge in [-0.05, 0) is 36.8 Å². The van der Waals surface area contributed by atoms with Crippen LogP contribution in [0.25, 0.3) is 0 Å². The molecular formula is C16H14N2O2. The van der Waals surface area contributed by atoms with E-state index >= 15 is 0 Å². The van der Waals surface area contributed by atoms with E-state index in [1.165, 1.54) is 0 Å². The minimum Gasteiger partial charge on any atom is -0.324 e. The number of carbonyl (C=O) groups is 2.